The van der Waals surface area contributed by atoms with E-state index in [0.29, 0.717) is 18.0 Å². The molecule has 3 N–H and O–H groups in total. The largest absolute Gasteiger partial charge is 0.349 e. The zero-order valence-corrected chi connectivity index (χ0v) is 16.5. The minimum Gasteiger partial charge on any atom is -0.349 e. The van der Waals surface area contributed by atoms with E-state index in [2.05, 4.69) is 25.9 Å². The van der Waals surface area contributed by atoms with Gasteiger partial charge in [0.2, 0.25) is 0 Å². The van der Waals surface area contributed by atoms with Gasteiger partial charge < -0.3 is 16.0 Å². The Hall–Kier alpha value is -1.44. The Bertz CT molecular complexity index is 624. The Morgan fingerprint density at radius 1 is 1.11 bits per heavy atom. The van der Waals surface area contributed by atoms with E-state index >= 15 is 0 Å². The predicted molar refractivity (Wildman–Crippen MR) is 106 cm³/mol. The van der Waals surface area contributed by atoms with Gasteiger partial charge in [-0.2, -0.15) is 5.10 Å². The average molecular weight is 375 g/mol. The van der Waals surface area contributed by atoms with Gasteiger partial charge in [-0.1, -0.05) is 0 Å². The molecular weight excluding hydrogens is 340 g/mol. The van der Waals surface area contributed by atoms with Crippen LogP contribution in [-0.4, -0.2) is 71.9 Å². The lowest BCUT2D eigenvalue weighted by atomic mass is 9.89. The summed E-state index contributed by atoms with van der Waals surface area (Å²) in [5, 5.41) is 14.8. The topological polar surface area (TPSA) is 74.2 Å². The number of aromatic nitrogens is 2. The maximum absolute atomic E-state index is 13.0. The fourth-order valence-electron chi connectivity index (χ4n) is 4.96. The van der Waals surface area contributed by atoms with Crippen LogP contribution in [0.15, 0.2) is 6.20 Å². The first kappa shape index (κ1) is 18.9. The van der Waals surface area contributed by atoms with Crippen molar-refractivity contribution in [1.29, 1.82) is 0 Å². The van der Waals surface area contributed by atoms with Crippen molar-refractivity contribution >= 4 is 5.91 Å². The third-order valence-corrected chi connectivity index (χ3v) is 6.49. The third kappa shape index (κ3) is 4.52. The van der Waals surface area contributed by atoms with E-state index < -0.39 is 0 Å². The van der Waals surface area contributed by atoms with Crippen LogP contribution in [0.2, 0.25) is 0 Å². The summed E-state index contributed by atoms with van der Waals surface area (Å²) in [7, 11) is 1.91. The third-order valence-electron chi connectivity index (χ3n) is 6.49. The van der Waals surface area contributed by atoms with Gasteiger partial charge in [-0.15, -0.1) is 0 Å². The maximum atomic E-state index is 13.0. The molecule has 1 aliphatic carbocycles. The van der Waals surface area contributed by atoms with Crippen molar-refractivity contribution in [2.24, 2.45) is 7.05 Å². The Balaban J connectivity index is 1.33. The highest BCUT2D eigenvalue weighted by Crippen LogP contribution is 2.27. The first-order valence-electron chi connectivity index (χ1n) is 10.7. The normalized spacial score (nSPS) is 30.2. The number of carbonyl (C=O) groups is 1. The minimum absolute atomic E-state index is 0.0642. The number of hydrogen-bond acceptors (Lipinski definition) is 5. The van der Waals surface area contributed by atoms with Crippen LogP contribution in [-0.2, 0) is 7.05 Å². The second-order valence-corrected chi connectivity index (χ2v) is 8.41. The van der Waals surface area contributed by atoms with Crippen LogP contribution < -0.4 is 16.0 Å². The lowest BCUT2D eigenvalue weighted by molar-refractivity contribution is 0.0892. The minimum atomic E-state index is 0.0642. The van der Waals surface area contributed by atoms with E-state index in [1.165, 1.54) is 12.8 Å². The van der Waals surface area contributed by atoms with Crippen LogP contribution in [0.1, 0.15) is 60.5 Å². The van der Waals surface area contributed by atoms with E-state index in [0.717, 1.165) is 76.2 Å². The highest BCUT2D eigenvalue weighted by Gasteiger charge is 2.29. The Labute approximate surface area is 162 Å². The highest BCUT2D eigenvalue weighted by molar-refractivity contribution is 5.95. The zero-order valence-electron chi connectivity index (χ0n) is 16.5. The van der Waals surface area contributed by atoms with Gasteiger partial charge in [-0.05, 0) is 45.1 Å². The highest BCUT2D eigenvalue weighted by atomic mass is 16.1. The molecule has 4 rings (SSSR count). The number of carbonyl (C=O) groups excluding carboxylic acids is 1. The molecule has 1 atom stereocenters. The molecule has 27 heavy (non-hydrogen) atoms. The summed E-state index contributed by atoms with van der Waals surface area (Å²) in [5.41, 5.74) is 1.74. The SMILES string of the molecule is Cn1cc(C(=O)NC2CCC(N3CCNCC3)CC2)c(C2CCCNC2)n1. The summed E-state index contributed by atoms with van der Waals surface area (Å²) in [5.74, 6) is 0.415. The second kappa shape index (κ2) is 8.71. The lowest BCUT2D eigenvalue weighted by Gasteiger charge is -2.39. The molecule has 1 saturated carbocycles. The summed E-state index contributed by atoms with van der Waals surface area (Å²) in [6.07, 6.45) is 8.71. The van der Waals surface area contributed by atoms with Gasteiger partial charge in [0, 0.05) is 64.0 Å². The Morgan fingerprint density at radius 2 is 1.89 bits per heavy atom. The van der Waals surface area contributed by atoms with Crippen LogP contribution in [0.3, 0.4) is 0 Å². The van der Waals surface area contributed by atoms with E-state index in [1.54, 1.807) is 4.68 Å². The van der Waals surface area contributed by atoms with Crippen LogP contribution in [0.4, 0.5) is 0 Å². The van der Waals surface area contributed by atoms with Gasteiger partial charge >= 0.3 is 0 Å². The van der Waals surface area contributed by atoms with Gasteiger partial charge in [0.1, 0.15) is 0 Å². The van der Waals surface area contributed by atoms with Crippen molar-refractivity contribution in [2.75, 3.05) is 39.3 Å². The average Bonchev–Trinajstić information content (AvgIpc) is 3.12. The quantitative estimate of drug-likeness (QED) is 0.728. The van der Waals surface area contributed by atoms with Crippen LogP contribution in [0.25, 0.3) is 0 Å². The van der Waals surface area contributed by atoms with Crippen LogP contribution in [0, 0.1) is 0 Å². The monoisotopic (exact) mass is 374 g/mol. The molecule has 1 aromatic heterocycles. The molecule has 3 heterocycles. The van der Waals surface area contributed by atoms with Crippen LogP contribution in [0.5, 0.6) is 0 Å². The maximum Gasteiger partial charge on any atom is 0.254 e. The van der Waals surface area contributed by atoms with Crippen molar-refractivity contribution < 1.29 is 4.79 Å². The standard InChI is InChI=1S/C20H34N6O/c1-25-14-18(19(24-25)15-3-2-8-22-13-15)20(27)23-16-4-6-17(7-5-16)26-11-9-21-10-12-26/h14-17,21-22H,2-13H2,1H3,(H,23,27). The first-order valence-corrected chi connectivity index (χ1v) is 10.7. The van der Waals surface area contributed by atoms with Crippen molar-refractivity contribution in [2.45, 2.75) is 56.5 Å². The summed E-state index contributed by atoms with van der Waals surface area (Å²) in [6.45, 7) is 6.54. The van der Waals surface area contributed by atoms with Crippen LogP contribution >= 0.6 is 0 Å². The van der Waals surface area contributed by atoms with Gasteiger partial charge in [0.15, 0.2) is 0 Å². The number of rotatable bonds is 4. The molecule has 2 saturated heterocycles. The number of nitrogens with one attached hydrogen (secondary N) is 3. The first-order chi connectivity index (χ1) is 13.2. The second-order valence-electron chi connectivity index (χ2n) is 8.41. The fourth-order valence-corrected chi connectivity index (χ4v) is 4.96. The molecule has 0 spiro atoms. The Kier molecular flexibility index (Phi) is 6.10. The number of nitrogens with zero attached hydrogens (tertiary/aromatic N) is 3. The summed E-state index contributed by atoms with van der Waals surface area (Å²) in [4.78, 5) is 15.6. The summed E-state index contributed by atoms with van der Waals surface area (Å²) < 4.78 is 1.79. The molecule has 7 nitrogen and oxygen atoms in total. The Morgan fingerprint density at radius 3 is 2.59 bits per heavy atom. The number of piperazine rings is 1. The molecular formula is C20H34N6O. The van der Waals surface area contributed by atoms with Crippen molar-refractivity contribution in [3.8, 4) is 0 Å². The van der Waals surface area contributed by atoms with Gasteiger partial charge in [-0.25, -0.2) is 0 Å². The van der Waals surface area contributed by atoms with Crippen molar-refractivity contribution in [3.63, 3.8) is 0 Å². The molecule has 1 amide bonds. The smallest absolute Gasteiger partial charge is 0.254 e. The number of aryl methyl sites for hydroxylation is 1. The number of hydrogen-bond donors (Lipinski definition) is 3. The molecule has 0 aromatic carbocycles. The van der Waals surface area contributed by atoms with Crippen molar-refractivity contribution in [1.82, 2.24) is 30.6 Å². The fraction of sp³-hybridized carbons (Fsp3) is 0.800. The molecule has 1 aromatic rings. The van der Waals surface area contributed by atoms with E-state index in [1.807, 2.05) is 13.2 Å². The number of piperidine rings is 1. The molecule has 150 valence electrons. The molecule has 1 unspecified atom stereocenters. The van der Waals surface area contributed by atoms with Gasteiger partial charge in [-0.3, -0.25) is 14.4 Å². The molecule has 0 radical (unpaired) electrons. The lowest BCUT2D eigenvalue weighted by Crippen LogP contribution is -2.51. The molecule has 2 aliphatic heterocycles. The number of amides is 1. The molecule has 3 fully saturated rings. The molecule has 0 bridgehead atoms. The van der Waals surface area contributed by atoms with Gasteiger partial charge in [0.25, 0.3) is 5.91 Å². The molecule has 3 aliphatic rings. The van der Waals surface area contributed by atoms with Crippen molar-refractivity contribution in [3.05, 3.63) is 17.5 Å². The van der Waals surface area contributed by atoms with E-state index in [9.17, 15) is 4.79 Å². The molecule has 7 heteroatoms. The zero-order chi connectivity index (χ0) is 18.6. The van der Waals surface area contributed by atoms with E-state index in [-0.39, 0.29) is 5.91 Å². The summed E-state index contributed by atoms with van der Waals surface area (Å²) in [6, 6.07) is 0.997. The van der Waals surface area contributed by atoms with E-state index in [4.69, 9.17) is 0 Å². The summed E-state index contributed by atoms with van der Waals surface area (Å²) >= 11 is 0. The van der Waals surface area contributed by atoms with Gasteiger partial charge in [0.05, 0.1) is 11.3 Å². The predicted octanol–water partition coefficient (Wildman–Crippen LogP) is 0.833.